The summed E-state index contributed by atoms with van der Waals surface area (Å²) in [4.78, 5) is 0. The van der Waals surface area contributed by atoms with Crippen LogP contribution in [0.25, 0.3) is 0 Å². The molecule has 1 aliphatic carbocycles. The van der Waals surface area contributed by atoms with E-state index in [-0.39, 0.29) is 0 Å². The van der Waals surface area contributed by atoms with Crippen molar-refractivity contribution in [2.24, 2.45) is 0 Å². The second kappa shape index (κ2) is 3.96. The van der Waals surface area contributed by atoms with E-state index >= 15 is 0 Å². The smallest absolute Gasteiger partial charge is 0.0161 e. The number of hydrogen-bond donors (Lipinski definition) is 0. The molecule has 0 amide bonds. The van der Waals surface area contributed by atoms with Crippen LogP contribution in [-0.4, -0.2) is 17.0 Å². The second-order valence-electron chi connectivity index (χ2n) is 4.07. The van der Waals surface area contributed by atoms with Gasteiger partial charge in [0.1, 0.15) is 0 Å². The van der Waals surface area contributed by atoms with Gasteiger partial charge in [-0.25, -0.2) is 0 Å². The van der Waals surface area contributed by atoms with Gasteiger partial charge in [-0.05, 0) is 30.6 Å². The van der Waals surface area contributed by atoms with Gasteiger partial charge in [-0.2, -0.15) is 0 Å². The minimum absolute atomic E-state index is 0.300. The molecule has 0 aromatic heterocycles. The summed E-state index contributed by atoms with van der Waals surface area (Å²) >= 11 is 0. The number of allylic oxidation sites excluding steroid dienone is 4. The van der Waals surface area contributed by atoms with E-state index in [1.165, 1.54) is 19.3 Å². The van der Waals surface area contributed by atoms with E-state index in [1.54, 1.807) is 0 Å². The highest BCUT2D eigenvalue weighted by atomic mass is 31.1. The molecule has 0 N–H and O–H groups in total. The molecule has 0 radical (unpaired) electrons. The van der Waals surface area contributed by atoms with Gasteiger partial charge in [0, 0.05) is 5.66 Å². The van der Waals surface area contributed by atoms with Gasteiger partial charge in [0.05, 0.1) is 0 Å². The lowest BCUT2D eigenvalue weighted by Crippen LogP contribution is -2.33. The normalized spacial score (nSPS) is 34.0. The first-order valence-corrected chi connectivity index (χ1v) is 7.04. The molecule has 1 heterocycles. The van der Waals surface area contributed by atoms with Crippen LogP contribution in [0.3, 0.4) is 0 Å². The maximum absolute atomic E-state index is 2.41. The van der Waals surface area contributed by atoms with Crippen molar-refractivity contribution in [3.63, 3.8) is 0 Å². The quantitative estimate of drug-likeness (QED) is 0.597. The van der Waals surface area contributed by atoms with Crippen LogP contribution in [-0.2, 0) is 0 Å². The van der Waals surface area contributed by atoms with Crippen molar-refractivity contribution in [2.75, 3.05) is 0 Å². The predicted molar refractivity (Wildman–Crippen MR) is 61.8 cm³/mol. The zero-order chi connectivity index (χ0) is 9.26. The molecule has 0 unspecified atom stereocenters. The van der Waals surface area contributed by atoms with E-state index < -0.39 is 0 Å². The largest absolute Gasteiger partial charge is 0.0893 e. The van der Waals surface area contributed by atoms with Gasteiger partial charge in [-0.15, -0.1) is 0 Å². The summed E-state index contributed by atoms with van der Waals surface area (Å²) < 4.78 is 0. The highest BCUT2D eigenvalue weighted by Crippen LogP contribution is 2.65. The maximum Gasteiger partial charge on any atom is 0.0161 e. The summed E-state index contributed by atoms with van der Waals surface area (Å²) in [6.45, 7) is 4.71. The number of rotatable bonds is 3. The Morgan fingerprint density at radius 2 is 1.62 bits per heavy atom. The van der Waals surface area contributed by atoms with Crippen LogP contribution in [0.2, 0.25) is 0 Å². The molecule has 0 saturated carbocycles. The van der Waals surface area contributed by atoms with Crippen molar-refractivity contribution in [1.82, 2.24) is 0 Å². The lowest BCUT2D eigenvalue weighted by atomic mass is 10.1. The summed E-state index contributed by atoms with van der Waals surface area (Å²) in [6.07, 6.45) is 13.6. The molecule has 1 heteroatoms. The molecule has 1 fully saturated rings. The second-order valence-corrected chi connectivity index (χ2v) is 7.02. The Labute approximate surface area is 82.9 Å². The molecule has 1 saturated heterocycles. The molecule has 0 aromatic rings. The first-order chi connectivity index (χ1) is 6.36. The van der Waals surface area contributed by atoms with E-state index in [1.807, 2.05) is 0 Å². The van der Waals surface area contributed by atoms with Gasteiger partial charge in [0.2, 0.25) is 0 Å². The number of hydrogen-bond acceptors (Lipinski definition) is 0. The van der Waals surface area contributed by atoms with Gasteiger partial charge >= 0.3 is 0 Å². The van der Waals surface area contributed by atoms with E-state index in [9.17, 15) is 0 Å². The van der Waals surface area contributed by atoms with Crippen molar-refractivity contribution >= 4 is 7.92 Å². The zero-order valence-corrected chi connectivity index (χ0v) is 9.50. The van der Waals surface area contributed by atoms with E-state index in [0.29, 0.717) is 7.92 Å². The molecular formula is C12H19P. The topological polar surface area (TPSA) is 0 Å². The SMILES string of the molecule is CC[C@@H]1C[C@@H](CC)P1C1C=CC=C1. The highest BCUT2D eigenvalue weighted by Gasteiger charge is 2.41. The summed E-state index contributed by atoms with van der Waals surface area (Å²) in [6, 6.07) is 0. The first-order valence-electron chi connectivity index (χ1n) is 5.49. The summed E-state index contributed by atoms with van der Waals surface area (Å²) in [5.41, 5.74) is 2.97. The molecule has 0 nitrogen and oxygen atoms in total. The van der Waals surface area contributed by atoms with Crippen LogP contribution >= 0.6 is 7.92 Å². The Morgan fingerprint density at radius 1 is 1.08 bits per heavy atom. The fourth-order valence-electron chi connectivity index (χ4n) is 2.58. The van der Waals surface area contributed by atoms with Gasteiger partial charge in [-0.3, -0.25) is 0 Å². The van der Waals surface area contributed by atoms with E-state index in [4.69, 9.17) is 0 Å². The summed E-state index contributed by atoms with van der Waals surface area (Å²) in [5.74, 6) is 0. The van der Waals surface area contributed by atoms with Crippen LogP contribution < -0.4 is 0 Å². The molecule has 1 aliphatic heterocycles. The standard InChI is InChI=1S/C12H19P/c1-3-10-9-11(4-2)13(10)12-7-5-6-8-12/h5-8,10-12H,3-4,9H2,1-2H3/t10-,11-/m1/s1. The summed E-state index contributed by atoms with van der Waals surface area (Å²) in [5, 5.41) is 0. The Kier molecular flexibility index (Phi) is 2.89. The molecule has 72 valence electrons. The average Bonchev–Trinajstić information content (AvgIpc) is 2.57. The molecule has 0 spiro atoms. The Hall–Kier alpha value is -0.0900. The van der Waals surface area contributed by atoms with Crippen LogP contribution in [0.1, 0.15) is 33.1 Å². The van der Waals surface area contributed by atoms with Crippen molar-refractivity contribution < 1.29 is 0 Å². The average molecular weight is 194 g/mol. The third-order valence-corrected chi connectivity index (χ3v) is 7.27. The Morgan fingerprint density at radius 3 is 2.08 bits per heavy atom. The van der Waals surface area contributed by atoms with Gasteiger partial charge in [0.25, 0.3) is 0 Å². The van der Waals surface area contributed by atoms with Crippen LogP contribution in [0.15, 0.2) is 24.3 Å². The van der Waals surface area contributed by atoms with Crippen molar-refractivity contribution in [1.29, 1.82) is 0 Å². The fraction of sp³-hybridized carbons (Fsp3) is 0.667. The van der Waals surface area contributed by atoms with Crippen molar-refractivity contribution in [2.45, 2.75) is 50.1 Å². The molecule has 0 aromatic carbocycles. The minimum Gasteiger partial charge on any atom is -0.0893 e. The van der Waals surface area contributed by atoms with Crippen molar-refractivity contribution in [3.8, 4) is 0 Å². The molecule has 2 aliphatic rings. The first kappa shape index (κ1) is 9.46. The van der Waals surface area contributed by atoms with Crippen LogP contribution in [0.5, 0.6) is 0 Å². The third kappa shape index (κ3) is 1.62. The fourth-order valence-corrected chi connectivity index (χ4v) is 6.19. The molecule has 2 rings (SSSR count). The van der Waals surface area contributed by atoms with Gasteiger partial charge in [-0.1, -0.05) is 46.1 Å². The van der Waals surface area contributed by atoms with Crippen LogP contribution in [0, 0.1) is 0 Å². The molecule has 13 heavy (non-hydrogen) atoms. The van der Waals surface area contributed by atoms with E-state index in [2.05, 4.69) is 38.2 Å². The van der Waals surface area contributed by atoms with Crippen LogP contribution in [0.4, 0.5) is 0 Å². The Balaban J connectivity index is 2.01. The highest BCUT2D eigenvalue weighted by molar-refractivity contribution is 7.62. The van der Waals surface area contributed by atoms with Crippen molar-refractivity contribution in [3.05, 3.63) is 24.3 Å². The summed E-state index contributed by atoms with van der Waals surface area (Å²) in [7, 11) is 0.300. The monoisotopic (exact) mass is 194 g/mol. The molecule has 2 atom stereocenters. The third-order valence-electron chi connectivity index (χ3n) is 3.40. The minimum atomic E-state index is 0.300. The predicted octanol–water partition coefficient (Wildman–Crippen LogP) is 3.92. The Bertz CT molecular complexity index is 207. The van der Waals surface area contributed by atoms with Gasteiger partial charge in [0.15, 0.2) is 0 Å². The lowest BCUT2D eigenvalue weighted by Gasteiger charge is -2.47. The molecule has 0 bridgehead atoms. The van der Waals surface area contributed by atoms with E-state index in [0.717, 1.165) is 17.0 Å². The maximum atomic E-state index is 2.41. The molecular weight excluding hydrogens is 175 g/mol. The van der Waals surface area contributed by atoms with Gasteiger partial charge < -0.3 is 0 Å². The zero-order valence-electron chi connectivity index (χ0n) is 8.61. The lowest BCUT2D eigenvalue weighted by molar-refractivity contribution is 0.600.